The topological polar surface area (TPSA) is 55.4 Å². The molecule has 0 saturated carbocycles. The van der Waals surface area contributed by atoms with Crippen LogP contribution in [0.25, 0.3) is 0 Å². The van der Waals surface area contributed by atoms with Gasteiger partial charge in [0.1, 0.15) is 5.82 Å². The third kappa shape index (κ3) is 4.68. The van der Waals surface area contributed by atoms with Gasteiger partial charge in [-0.2, -0.15) is 0 Å². The Hall–Kier alpha value is -2.21. The Morgan fingerprint density at radius 3 is 2.62 bits per heavy atom. The van der Waals surface area contributed by atoms with Gasteiger partial charge in [0.2, 0.25) is 0 Å². The molecule has 110 valence electrons. The molecule has 1 heterocycles. The van der Waals surface area contributed by atoms with Crippen LogP contribution in [-0.2, 0) is 20.7 Å². The van der Waals surface area contributed by atoms with Gasteiger partial charge >= 0.3 is 5.97 Å². The smallest absolute Gasteiger partial charge is 0.311 e. The van der Waals surface area contributed by atoms with Crippen LogP contribution in [0.1, 0.15) is 11.8 Å². The minimum Gasteiger partial charge on any atom is -0.452 e. The van der Waals surface area contributed by atoms with Crippen molar-refractivity contribution in [3.63, 3.8) is 0 Å². The lowest BCUT2D eigenvalue weighted by Crippen LogP contribution is -2.30. The highest BCUT2D eigenvalue weighted by molar-refractivity contribution is 7.10. The lowest BCUT2D eigenvalue weighted by molar-refractivity contribution is -0.152. The first-order chi connectivity index (χ1) is 10.0. The second-order valence-electron chi connectivity index (χ2n) is 4.38. The molecule has 21 heavy (non-hydrogen) atoms. The Kier molecular flexibility index (Phi) is 5.05. The first-order valence-electron chi connectivity index (χ1n) is 6.33. The molecule has 0 bridgehead atoms. The van der Waals surface area contributed by atoms with Crippen LogP contribution >= 0.6 is 11.3 Å². The van der Waals surface area contributed by atoms with Gasteiger partial charge in [-0.1, -0.05) is 6.07 Å². The third-order valence-corrected chi connectivity index (χ3v) is 3.56. The van der Waals surface area contributed by atoms with Crippen LogP contribution in [0.4, 0.5) is 10.1 Å². The first-order valence-corrected chi connectivity index (χ1v) is 7.21. The van der Waals surface area contributed by atoms with Gasteiger partial charge in [-0.15, -0.1) is 11.3 Å². The van der Waals surface area contributed by atoms with Crippen LogP contribution in [0, 0.1) is 5.82 Å². The molecule has 0 aliphatic rings. The molecule has 0 unspecified atom stereocenters. The first kappa shape index (κ1) is 15.2. The molecular formula is C15H14FNO3S. The molecule has 4 nitrogen and oxygen atoms in total. The maximum absolute atomic E-state index is 12.8. The largest absolute Gasteiger partial charge is 0.452 e. The summed E-state index contributed by atoms with van der Waals surface area (Å²) in [7, 11) is 0. The van der Waals surface area contributed by atoms with Gasteiger partial charge in [0.15, 0.2) is 6.10 Å². The zero-order valence-corrected chi connectivity index (χ0v) is 12.2. The second kappa shape index (κ2) is 6.99. The van der Waals surface area contributed by atoms with Gasteiger partial charge in [-0.05, 0) is 42.6 Å². The lowest BCUT2D eigenvalue weighted by atomic mass is 10.3. The average molecular weight is 307 g/mol. The molecule has 0 aliphatic carbocycles. The average Bonchev–Trinajstić information content (AvgIpc) is 2.94. The zero-order valence-electron chi connectivity index (χ0n) is 11.3. The van der Waals surface area contributed by atoms with Crippen LogP contribution < -0.4 is 5.32 Å². The number of thiophene rings is 1. The Morgan fingerprint density at radius 2 is 2.00 bits per heavy atom. The number of ether oxygens (including phenoxy) is 1. The molecule has 0 spiro atoms. The summed E-state index contributed by atoms with van der Waals surface area (Å²) in [5.74, 6) is -1.30. The number of hydrogen-bond donors (Lipinski definition) is 1. The summed E-state index contributed by atoms with van der Waals surface area (Å²) in [4.78, 5) is 24.4. The molecule has 2 aromatic rings. The van der Waals surface area contributed by atoms with Crippen molar-refractivity contribution in [1.82, 2.24) is 0 Å². The molecule has 1 aromatic heterocycles. The number of amides is 1. The molecule has 0 aliphatic heterocycles. The highest BCUT2D eigenvalue weighted by Crippen LogP contribution is 2.12. The number of hydrogen-bond acceptors (Lipinski definition) is 4. The summed E-state index contributed by atoms with van der Waals surface area (Å²) in [5, 5.41) is 4.42. The quantitative estimate of drug-likeness (QED) is 0.864. The summed E-state index contributed by atoms with van der Waals surface area (Å²) in [6.45, 7) is 1.49. The SMILES string of the molecule is C[C@H](OC(=O)Cc1cccs1)C(=O)Nc1ccc(F)cc1. The maximum atomic E-state index is 12.8. The molecule has 2 rings (SSSR count). The van der Waals surface area contributed by atoms with Gasteiger partial charge in [0.05, 0.1) is 6.42 Å². The monoisotopic (exact) mass is 307 g/mol. The summed E-state index contributed by atoms with van der Waals surface area (Å²) in [6, 6.07) is 9.03. The number of esters is 1. The van der Waals surface area contributed by atoms with Gasteiger partial charge < -0.3 is 10.1 Å². The fourth-order valence-corrected chi connectivity index (χ4v) is 2.32. The highest BCUT2D eigenvalue weighted by Gasteiger charge is 2.18. The van der Waals surface area contributed by atoms with E-state index in [9.17, 15) is 14.0 Å². The normalized spacial score (nSPS) is 11.7. The minimum absolute atomic E-state index is 0.145. The van der Waals surface area contributed by atoms with Gasteiger partial charge in [0.25, 0.3) is 5.91 Å². The number of anilines is 1. The summed E-state index contributed by atoms with van der Waals surface area (Å²) >= 11 is 1.45. The van der Waals surface area contributed by atoms with E-state index < -0.39 is 18.0 Å². The predicted octanol–water partition coefficient (Wildman–Crippen LogP) is 3.00. The number of halogens is 1. The fraction of sp³-hybridized carbons (Fsp3) is 0.200. The van der Waals surface area contributed by atoms with E-state index in [0.717, 1.165) is 4.88 Å². The number of nitrogens with one attached hydrogen (secondary N) is 1. The van der Waals surface area contributed by atoms with E-state index in [2.05, 4.69) is 5.32 Å². The minimum atomic E-state index is -0.914. The van der Waals surface area contributed by atoms with Crippen LogP contribution in [-0.4, -0.2) is 18.0 Å². The van der Waals surface area contributed by atoms with Crippen LogP contribution in [0.3, 0.4) is 0 Å². The fourth-order valence-electron chi connectivity index (χ4n) is 1.62. The molecule has 1 aromatic carbocycles. The molecule has 1 amide bonds. The van der Waals surface area contributed by atoms with Crippen LogP contribution in [0.5, 0.6) is 0 Å². The van der Waals surface area contributed by atoms with E-state index in [1.807, 2.05) is 17.5 Å². The van der Waals surface area contributed by atoms with E-state index in [1.165, 1.54) is 42.5 Å². The van der Waals surface area contributed by atoms with Crippen molar-refractivity contribution in [2.45, 2.75) is 19.4 Å². The summed E-state index contributed by atoms with van der Waals surface area (Å²) < 4.78 is 17.8. The van der Waals surface area contributed by atoms with Crippen molar-refractivity contribution in [3.8, 4) is 0 Å². The molecule has 1 atom stereocenters. The second-order valence-corrected chi connectivity index (χ2v) is 5.42. The molecular weight excluding hydrogens is 293 g/mol. The van der Waals surface area contributed by atoms with E-state index in [0.29, 0.717) is 5.69 Å². The summed E-state index contributed by atoms with van der Waals surface area (Å²) in [5.41, 5.74) is 0.447. The Balaban J connectivity index is 1.84. The van der Waals surface area contributed by atoms with Gasteiger partial charge in [-0.25, -0.2) is 4.39 Å². The highest BCUT2D eigenvalue weighted by atomic mass is 32.1. The van der Waals surface area contributed by atoms with E-state index >= 15 is 0 Å². The number of carbonyl (C=O) groups excluding carboxylic acids is 2. The van der Waals surface area contributed by atoms with Crippen molar-refractivity contribution in [3.05, 3.63) is 52.5 Å². The molecule has 6 heteroatoms. The maximum Gasteiger partial charge on any atom is 0.311 e. The van der Waals surface area contributed by atoms with Crippen molar-refractivity contribution >= 4 is 28.9 Å². The number of carbonyl (C=O) groups is 2. The Bertz CT molecular complexity index is 610. The van der Waals surface area contributed by atoms with E-state index in [-0.39, 0.29) is 12.2 Å². The summed E-state index contributed by atoms with van der Waals surface area (Å²) in [6.07, 6.45) is -0.770. The number of benzene rings is 1. The van der Waals surface area contributed by atoms with Crippen molar-refractivity contribution < 1.29 is 18.7 Å². The molecule has 0 fully saturated rings. The van der Waals surface area contributed by atoms with E-state index in [1.54, 1.807) is 0 Å². The van der Waals surface area contributed by atoms with Crippen LogP contribution in [0.15, 0.2) is 41.8 Å². The van der Waals surface area contributed by atoms with Gasteiger partial charge in [0, 0.05) is 10.6 Å². The number of rotatable bonds is 5. The van der Waals surface area contributed by atoms with Crippen LogP contribution in [0.2, 0.25) is 0 Å². The van der Waals surface area contributed by atoms with Crippen molar-refractivity contribution in [2.24, 2.45) is 0 Å². The standard InChI is InChI=1S/C15H14FNO3S/c1-10(20-14(18)9-13-3-2-8-21-13)15(19)17-12-6-4-11(16)5-7-12/h2-8,10H,9H2,1H3,(H,17,19)/t10-/m0/s1. The molecule has 1 N–H and O–H groups in total. The predicted molar refractivity (Wildman–Crippen MR) is 78.6 cm³/mol. The zero-order chi connectivity index (χ0) is 15.2. The lowest BCUT2D eigenvalue weighted by Gasteiger charge is -2.13. The third-order valence-electron chi connectivity index (χ3n) is 2.69. The van der Waals surface area contributed by atoms with E-state index in [4.69, 9.17) is 4.74 Å². The van der Waals surface area contributed by atoms with Crippen molar-refractivity contribution in [2.75, 3.05) is 5.32 Å². The van der Waals surface area contributed by atoms with Gasteiger partial charge in [-0.3, -0.25) is 9.59 Å². The molecule has 0 saturated heterocycles. The Labute approximate surface area is 125 Å². The Morgan fingerprint density at radius 1 is 1.29 bits per heavy atom. The molecule has 0 radical (unpaired) electrons. The van der Waals surface area contributed by atoms with Crippen molar-refractivity contribution in [1.29, 1.82) is 0 Å².